The van der Waals surface area contributed by atoms with Crippen molar-refractivity contribution in [2.75, 3.05) is 24.5 Å². The first-order valence-corrected chi connectivity index (χ1v) is 6.71. The van der Waals surface area contributed by atoms with Gasteiger partial charge in [0, 0.05) is 19.1 Å². The van der Waals surface area contributed by atoms with E-state index in [2.05, 4.69) is 20.2 Å². The fraction of sp³-hybridized carbons (Fsp3) is 0.429. The molecule has 6 heteroatoms. The molecule has 4 rings (SSSR count). The van der Waals surface area contributed by atoms with Crippen LogP contribution in [0.5, 0.6) is 0 Å². The molecule has 2 atom stereocenters. The van der Waals surface area contributed by atoms with Crippen LogP contribution in [0.15, 0.2) is 24.4 Å². The molecule has 2 aromatic rings. The number of fused-ring (bicyclic) bond motifs is 2. The SMILES string of the molecule is Cl.Fc1cccc2ncc(N3CC[C@@H]4CN[C@@H]4C3)nc12. The Morgan fingerprint density at radius 2 is 2.25 bits per heavy atom. The zero-order valence-corrected chi connectivity index (χ0v) is 11.7. The number of hydrogen-bond acceptors (Lipinski definition) is 4. The molecule has 1 aromatic carbocycles. The highest BCUT2D eigenvalue weighted by molar-refractivity contribution is 5.85. The molecule has 1 N–H and O–H groups in total. The van der Waals surface area contributed by atoms with Gasteiger partial charge in [0.25, 0.3) is 0 Å². The van der Waals surface area contributed by atoms with Crippen molar-refractivity contribution in [2.45, 2.75) is 12.5 Å². The maximum Gasteiger partial charge on any atom is 0.151 e. The van der Waals surface area contributed by atoms with E-state index in [1.165, 1.54) is 12.5 Å². The van der Waals surface area contributed by atoms with Crippen molar-refractivity contribution in [3.05, 3.63) is 30.2 Å². The van der Waals surface area contributed by atoms with Gasteiger partial charge in [-0.05, 0) is 31.0 Å². The van der Waals surface area contributed by atoms with E-state index < -0.39 is 0 Å². The second-order valence-electron chi connectivity index (χ2n) is 5.35. The molecule has 2 fully saturated rings. The second kappa shape index (κ2) is 5.14. The maximum atomic E-state index is 13.7. The Labute approximate surface area is 122 Å². The molecule has 1 aromatic heterocycles. The van der Waals surface area contributed by atoms with Gasteiger partial charge in [-0.1, -0.05) is 6.07 Å². The molecule has 0 spiro atoms. The summed E-state index contributed by atoms with van der Waals surface area (Å²) in [5.41, 5.74) is 0.976. The summed E-state index contributed by atoms with van der Waals surface area (Å²) in [6.07, 6.45) is 2.93. The summed E-state index contributed by atoms with van der Waals surface area (Å²) in [7, 11) is 0. The van der Waals surface area contributed by atoms with Gasteiger partial charge in [0.1, 0.15) is 11.3 Å². The predicted molar refractivity (Wildman–Crippen MR) is 78.9 cm³/mol. The van der Waals surface area contributed by atoms with Crippen LogP contribution in [-0.4, -0.2) is 35.6 Å². The predicted octanol–water partition coefficient (Wildman–Crippen LogP) is 1.99. The number of piperidine rings is 1. The minimum atomic E-state index is -0.302. The number of aromatic nitrogens is 2. The molecule has 0 saturated carbocycles. The molecule has 4 nitrogen and oxygen atoms in total. The average molecular weight is 295 g/mol. The minimum Gasteiger partial charge on any atom is -0.354 e. The highest BCUT2D eigenvalue weighted by Gasteiger charge is 2.35. The van der Waals surface area contributed by atoms with E-state index in [-0.39, 0.29) is 18.2 Å². The molecule has 2 aliphatic rings. The Bertz CT molecular complexity index is 636. The first-order chi connectivity index (χ1) is 9.31. The Kier molecular flexibility index (Phi) is 3.48. The summed E-state index contributed by atoms with van der Waals surface area (Å²) >= 11 is 0. The number of benzene rings is 1. The van der Waals surface area contributed by atoms with Crippen molar-refractivity contribution in [1.29, 1.82) is 0 Å². The summed E-state index contributed by atoms with van der Waals surface area (Å²) in [4.78, 5) is 11.0. The van der Waals surface area contributed by atoms with E-state index in [9.17, 15) is 4.39 Å². The van der Waals surface area contributed by atoms with E-state index in [4.69, 9.17) is 0 Å². The van der Waals surface area contributed by atoms with Gasteiger partial charge >= 0.3 is 0 Å². The van der Waals surface area contributed by atoms with Crippen LogP contribution in [0.1, 0.15) is 6.42 Å². The van der Waals surface area contributed by atoms with Gasteiger partial charge in [-0.15, -0.1) is 12.4 Å². The van der Waals surface area contributed by atoms with Crippen LogP contribution in [0, 0.1) is 11.7 Å². The lowest BCUT2D eigenvalue weighted by Gasteiger charge is -2.46. The third kappa shape index (κ3) is 2.11. The van der Waals surface area contributed by atoms with E-state index in [0.29, 0.717) is 17.1 Å². The number of para-hydroxylation sites is 1. The smallest absolute Gasteiger partial charge is 0.151 e. The monoisotopic (exact) mass is 294 g/mol. The van der Waals surface area contributed by atoms with E-state index in [1.54, 1.807) is 18.3 Å². The number of hydrogen-bond donors (Lipinski definition) is 1. The molecule has 0 bridgehead atoms. The maximum absolute atomic E-state index is 13.7. The Morgan fingerprint density at radius 1 is 1.35 bits per heavy atom. The van der Waals surface area contributed by atoms with Gasteiger partial charge in [0.05, 0.1) is 11.7 Å². The largest absolute Gasteiger partial charge is 0.354 e. The average Bonchev–Trinajstić information content (AvgIpc) is 2.41. The number of rotatable bonds is 1. The minimum absolute atomic E-state index is 0. The Morgan fingerprint density at radius 3 is 3.00 bits per heavy atom. The molecule has 0 amide bonds. The van der Waals surface area contributed by atoms with Crippen molar-refractivity contribution in [3.8, 4) is 0 Å². The number of nitrogens with one attached hydrogen (secondary N) is 1. The van der Waals surface area contributed by atoms with E-state index >= 15 is 0 Å². The fourth-order valence-corrected chi connectivity index (χ4v) is 2.97. The van der Waals surface area contributed by atoms with Crippen LogP contribution >= 0.6 is 12.4 Å². The number of halogens is 2. The molecule has 20 heavy (non-hydrogen) atoms. The molecule has 0 aliphatic carbocycles. The Balaban J connectivity index is 0.00000121. The lowest BCUT2D eigenvalue weighted by atomic mass is 9.85. The highest BCUT2D eigenvalue weighted by atomic mass is 35.5. The van der Waals surface area contributed by atoms with Crippen LogP contribution < -0.4 is 10.2 Å². The summed E-state index contributed by atoms with van der Waals surface area (Å²) < 4.78 is 13.7. The zero-order chi connectivity index (χ0) is 12.8. The summed E-state index contributed by atoms with van der Waals surface area (Å²) in [6, 6.07) is 5.44. The topological polar surface area (TPSA) is 41.1 Å². The first kappa shape index (κ1) is 13.5. The van der Waals surface area contributed by atoms with Crippen molar-refractivity contribution < 1.29 is 4.39 Å². The van der Waals surface area contributed by atoms with Crippen LogP contribution in [-0.2, 0) is 0 Å². The van der Waals surface area contributed by atoms with Gasteiger partial charge in [0.2, 0.25) is 0 Å². The highest BCUT2D eigenvalue weighted by Crippen LogP contribution is 2.27. The lowest BCUT2D eigenvalue weighted by molar-refractivity contribution is 0.196. The molecular weight excluding hydrogens is 279 g/mol. The van der Waals surface area contributed by atoms with Gasteiger partial charge in [0.15, 0.2) is 5.82 Å². The zero-order valence-electron chi connectivity index (χ0n) is 10.9. The normalized spacial score (nSPS) is 24.8. The Hall–Kier alpha value is -1.46. The van der Waals surface area contributed by atoms with Crippen LogP contribution in [0.2, 0.25) is 0 Å². The molecule has 0 radical (unpaired) electrons. The van der Waals surface area contributed by atoms with Gasteiger partial charge in [-0.25, -0.2) is 9.37 Å². The molecule has 2 aliphatic heterocycles. The van der Waals surface area contributed by atoms with Crippen molar-refractivity contribution in [1.82, 2.24) is 15.3 Å². The molecular formula is C14H16ClFN4. The quantitative estimate of drug-likeness (QED) is 0.873. The summed E-state index contributed by atoms with van der Waals surface area (Å²) in [5, 5.41) is 3.43. The number of anilines is 1. The van der Waals surface area contributed by atoms with Crippen LogP contribution in [0.4, 0.5) is 10.2 Å². The molecule has 106 valence electrons. The van der Waals surface area contributed by atoms with Crippen LogP contribution in [0.25, 0.3) is 11.0 Å². The third-order valence-electron chi connectivity index (χ3n) is 4.23. The summed E-state index contributed by atoms with van der Waals surface area (Å²) in [5.74, 6) is 1.29. The van der Waals surface area contributed by atoms with E-state index in [1.807, 2.05) is 0 Å². The molecule has 3 heterocycles. The van der Waals surface area contributed by atoms with Gasteiger partial charge in [-0.2, -0.15) is 0 Å². The van der Waals surface area contributed by atoms with Gasteiger partial charge < -0.3 is 10.2 Å². The molecule has 0 unspecified atom stereocenters. The first-order valence-electron chi connectivity index (χ1n) is 6.71. The third-order valence-corrected chi connectivity index (χ3v) is 4.23. The standard InChI is InChI=1S/C14H15FN4.ClH/c15-10-2-1-3-11-14(10)18-13(7-17-11)19-5-4-9-6-16-12(9)8-19;/h1-3,7,9,12,16H,4-6,8H2;1H/t9-,12-;/m1./s1. The lowest BCUT2D eigenvalue weighted by Crippen LogP contribution is -2.62. The van der Waals surface area contributed by atoms with Gasteiger partial charge in [-0.3, -0.25) is 4.98 Å². The fourth-order valence-electron chi connectivity index (χ4n) is 2.97. The van der Waals surface area contributed by atoms with Crippen molar-refractivity contribution in [2.24, 2.45) is 5.92 Å². The van der Waals surface area contributed by atoms with Crippen molar-refractivity contribution in [3.63, 3.8) is 0 Å². The molecule has 2 saturated heterocycles. The van der Waals surface area contributed by atoms with Crippen molar-refractivity contribution >= 4 is 29.3 Å². The number of nitrogens with zero attached hydrogens (tertiary/aromatic N) is 3. The van der Waals surface area contributed by atoms with Crippen LogP contribution in [0.3, 0.4) is 0 Å². The second-order valence-corrected chi connectivity index (χ2v) is 5.35. The van der Waals surface area contributed by atoms with E-state index in [0.717, 1.165) is 31.4 Å². The summed E-state index contributed by atoms with van der Waals surface area (Å²) in [6.45, 7) is 3.06.